The third kappa shape index (κ3) is 3.53. The van der Waals surface area contributed by atoms with Crippen molar-refractivity contribution >= 4 is 27.1 Å². The fourth-order valence-electron chi connectivity index (χ4n) is 1.92. The Balaban J connectivity index is 2.25. The molecular formula is C15H19N3O2S. The molecule has 4 N–H and O–H groups in total. The second-order valence-electron chi connectivity index (χ2n) is 4.63. The second kappa shape index (κ2) is 6.15. The van der Waals surface area contributed by atoms with Gasteiger partial charge >= 0.3 is 0 Å². The number of rotatable bonds is 5. The average Bonchev–Trinajstić information content (AvgIpc) is 2.50. The van der Waals surface area contributed by atoms with Crippen molar-refractivity contribution < 1.29 is 8.42 Å². The van der Waals surface area contributed by atoms with E-state index in [4.69, 9.17) is 5.73 Å². The van der Waals surface area contributed by atoms with Crippen molar-refractivity contribution in [3.8, 4) is 0 Å². The highest BCUT2D eigenvalue weighted by molar-refractivity contribution is 7.89. The Morgan fingerprint density at radius 2 is 1.76 bits per heavy atom. The molecular weight excluding hydrogens is 286 g/mol. The molecule has 21 heavy (non-hydrogen) atoms. The van der Waals surface area contributed by atoms with Crippen LogP contribution in [0.1, 0.15) is 12.5 Å². The zero-order valence-corrected chi connectivity index (χ0v) is 12.9. The van der Waals surface area contributed by atoms with Crippen molar-refractivity contribution in [2.75, 3.05) is 18.1 Å². The van der Waals surface area contributed by atoms with Crippen molar-refractivity contribution in [2.24, 2.45) is 0 Å². The lowest BCUT2D eigenvalue weighted by Crippen LogP contribution is -2.18. The molecule has 0 radical (unpaired) electrons. The van der Waals surface area contributed by atoms with Crippen molar-refractivity contribution in [1.82, 2.24) is 4.72 Å². The number of sulfonamides is 1. The third-order valence-electron chi connectivity index (χ3n) is 3.24. The predicted octanol–water partition coefficient (Wildman–Crippen LogP) is 2.48. The summed E-state index contributed by atoms with van der Waals surface area (Å²) >= 11 is 0. The molecule has 0 amide bonds. The van der Waals surface area contributed by atoms with Gasteiger partial charge in [0.2, 0.25) is 10.0 Å². The van der Waals surface area contributed by atoms with Crippen molar-refractivity contribution in [1.29, 1.82) is 0 Å². The topological polar surface area (TPSA) is 84.2 Å². The standard InChI is InChI=1S/C15H19N3O2S/c1-3-11-4-6-12(7-5-11)18-15-9-8-13(10-14(15)16)21(19,20)17-2/h4-10,17-18H,3,16H2,1-2H3. The Kier molecular flexibility index (Phi) is 4.50. The lowest BCUT2D eigenvalue weighted by molar-refractivity contribution is 0.588. The molecule has 0 atom stereocenters. The molecule has 0 heterocycles. The zero-order chi connectivity index (χ0) is 15.5. The van der Waals surface area contributed by atoms with Gasteiger partial charge < -0.3 is 11.1 Å². The van der Waals surface area contributed by atoms with E-state index in [0.29, 0.717) is 11.4 Å². The monoisotopic (exact) mass is 305 g/mol. The molecule has 5 nitrogen and oxygen atoms in total. The summed E-state index contributed by atoms with van der Waals surface area (Å²) in [6.07, 6.45) is 0.985. The molecule has 0 fully saturated rings. The van der Waals surface area contributed by atoms with E-state index in [2.05, 4.69) is 17.0 Å². The number of anilines is 3. The molecule has 2 rings (SSSR count). The third-order valence-corrected chi connectivity index (χ3v) is 4.66. The molecule has 0 aromatic heterocycles. The van der Waals surface area contributed by atoms with E-state index in [1.807, 2.05) is 24.3 Å². The molecule has 0 saturated heterocycles. The van der Waals surface area contributed by atoms with Crippen LogP contribution in [-0.2, 0) is 16.4 Å². The Labute approximate surface area is 125 Å². The van der Waals surface area contributed by atoms with E-state index in [1.54, 1.807) is 6.07 Å². The number of nitrogen functional groups attached to an aromatic ring is 1. The van der Waals surface area contributed by atoms with Gasteiger partial charge in [-0.15, -0.1) is 0 Å². The minimum absolute atomic E-state index is 0.148. The smallest absolute Gasteiger partial charge is 0.240 e. The first-order valence-electron chi connectivity index (χ1n) is 6.65. The van der Waals surface area contributed by atoms with Crippen molar-refractivity contribution in [3.05, 3.63) is 48.0 Å². The van der Waals surface area contributed by atoms with Crippen LogP contribution in [0.15, 0.2) is 47.4 Å². The van der Waals surface area contributed by atoms with Crippen LogP contribution < -0.4 is 15.8 Å². The van der Waals surface area contributed by atoms with Crippen LogP contribution >= 0.6 is 0 Å². The molecule has 0 aliphatic heterocycles. The maximum Gasteiger partial charge on any atom is 0.240 e. The molecule has 0 saturated carbocycles. The largest absolute Gasteiger partial charge is 0.397 e. The Hall–Kier alpha value is -2.05. The summed E-state index contributed by atoms with van der Waals surface area (Å²) in [4.78, 5) is 0.148. The molecule has 2 aromatic rings. The van der Waals surface area contributed by atoms with Crippen LogP contribution in [-0.4, -0.2) is 15.5 Å². The van der Waals surface area contributed by atoms with Gasteiger partial charge in [-0.05, 0) is 49.4 Å². The van der Waals surface area contributed by atoms with Gasteiger partial charge in [-0.3, -0.25) is 0 Å². The predicted molar refractivity (Wildman–Crippen MR) is 86.2 cm³/mol. The number of nitrogens with one attached hydrogen (secondary N) is 2. The van der Waals surface area contributed by atoms with Gasteiger partial charge in [-0.1, -0.05) is 19.1 Å². The molecule has 0 unspecified atom stereocenters. The Morgan fingerprint density at radius 3 is 2.29 bits per heavy atom. The summed E-state index contributed by atoms with van der Waals surface area (Å²) in [6, 6.07) is 12.6. The maximum absolute atomic E-state index is 11.7. The van der Waals surface area contributed by atoms with Gasteiger partial charge in [0, 0.05) is 5.69 Å². The number of hydrogen-bond acceptors (Lipinski definition) is 4. The van der Waals surface area contributed by atoms with Gasteiger partial charge in [0.25, 0.3) is 0 Å². The summed E-state index contributed by atoms with van der Waals surface area (Å²) in [6.45, 7) is 2.10. The van der Waals surface area contributed by atoms with E-state index < -0.39 is 10.0 Å². The van der Waals surface area contributed by atoms with Crippen LogP contribution in [0.25, 0.3) is 0 Å². The molecule has 2 aromatic carbocycles. The zero-order valence-electron chi connectivity index (χ0n) is 12.1. The van der Waals surface area contributed by atoms with Gasteiger partial charge in [-0.25, -0.2) is 13.1 Å². The van der Waals surface area contributed by atoms with Crippen LogP contribution in [0.5, 0.6) is 0 Å². The lowest BCUT2D eigenvalue weighted by atomic mass is 10.1. The highest BCUT2D eigenvalue weighted by atomic mass is 32.2. The SMILES string of the molecule is CCc1ccc(Nc2ccc(S(=O)(=O)NC)cc2N)cc1. The molecule has 0 bridgehead atoms. The minimum atomic E-state index is -3.48. The van der Waals surface area contributed by atoms with Crippen LogP contribution in [0, 0.1) is 0 Å². The fraction of sp³-hybridized carbons (Fsp3) is 0.200. The molecule has 0 spiro atoms. The quantitative estimate of drug-likeness (QED) is 0.741. The first-order chi connectivity index (χ1) is 9.96. The van der Waals surface area contributed by atoms with E-state index in [0.717, 1.165) is 12.1 Å². The number of nitrogens with two attached hydrogens (primary N) is 1. The van der Waals surface area contributed by atoms with Gasteiger partial charge in [0.15, 0.2) is 0 Å². The van der Waals surface area contributed by atoms with E-state index >= 15 is 0 Å². The molecule has 0 aliphatic rings. The Morgan fingerprint density at radius 1 is 1.10 bits per heavy atom. The van der Waals surface area contributed by atoms with E-state index in [-0.39, 0.29) is 4.90 Å². The summed E-state index contributed by atoms with van der Waals surface area (Å²) in [5.41, 5.74) is 9.14. The fourth-order valence-corrected chi connectivity index (χ4v) is 2.68. The summed E-state index contributed by atoms with van der Waals surface area (Å²) in [5.74, 6) is 0. The second-order valence-corrected chi connectivity index (χ2v) is 6.52. The minimum Gasteiger partial charge on any atom is -0.397 e. The van der Waals surface area contributed by atoms with Gasteiger partial charge in [0.1, 0.15) is 0 Å². The molecule has 0 aliphatic carbocycles. The normalized spacial score (nSPS) is 11.3. The lowest BCUT2D eigenvalue weighted by Gasteiger charge is -2.11. The first-order valence-corrected chi connectivity index (χ1v) is 8.13. The summed E-state index contributed by atoms with van der Waals surface area (Å²) < 4.78 is 25.7. The summed E-state index contributed by atoms with van der Waals surface area (Å²) in [5, 5.41) is 3.18. The number of hydrogen-bond donors (Lipinski definition) is 3. The van der Waals surface area contributed by atoms with Crippen LogP contribution in [0.3, 0.4) is 0 Å². The molecule has 112 valence electrons. The highest BCUT2D eigenvalue weighted by Crippen LogP contribution is 2.26. The average molecular weight is 305 g/mol. The number of aryl methyl sites for hydroxylation is 1. The van der Waals surface area contributed by atoms with Crippen LogP contribution in [0.2, 0.25) is 0 Å². The van der Waals surface area contributed by atoms with Crippen LogP contribution in [0.4, 0.5) is 17.1 Å². The highest BCUT2D eigenvalue weighted by Gasteiger charge is 2.12. The first kappa shape index (κ1) is 15.3. The van der Waals surface area contributed by atoms with E-state index in [1.165, 1.54) is 24.7 Å². The van der Waals surface area contributed by atoms with E-state index in [9.17, 15) is 8.42 Å². The van der Waals surface area contributed by atoms with Crippen molar-refractivity contribution in [3.63, 3.8) is 0 Å². The van der Waals surface area contributed by atoms with Gasteiger partial charge in [0.05, 0.1) is 16.3 Å². The summed E-state index contributed by atoms with van der Waals surface area (Å²) in [7, 11) is -2.11. The molecule has 6 heteroatoms. The Bertz CT molecular complexity index is 725. The number of benzene rings is 2. The van der Waals surface area contributed by atoms with Crippen molar-refractivity contribution in [2.45, 2.75) is 18.2 Å². The maximum atomic E-state index is 11.7. The van der Waals surface area contributed by atoms with Gasteiger partial charge in [-0.2, -0.15) is 0 Å².